The van der Waals surface area contributed by atoms with E-state index in [-0.39, 0.29) is 18.4 Å². The molecule has 0 N–H and O–H groups in total. The second-order valence-electron chi connectivity index (χ2n) is 5.34. The standard InChI is InChI=1S/C16H32NO2.ClH/c1-6-17(7-2,8-3)13-11-9-10-12-14-19-16(18)15(4)5;/h4,6-14H2,1-3,5H3;1H/q+1;/p-1. The van der Waals surface area contributed by atoms with E-state index in [1.165, 1.54) is 43.5 Å². The van der Waals surface area contributed by atoms with Gasteiger partial charge in [0.2, 0.25) is 0 Å². The smallest absolute Gasteiger partial charge is 0.333 e. The molecule has 0 bridgehead atoms. The number of carbonyl (C=O) groups excluding carboxylic acids is 1. The third kappa shape index (κ3) is 8.60. The molecule has 0 atom stereocenters. The second kappa shape index (κ2) is 12.2. The Morgan fingerprint density at radius 1 is 1.00 bits per heavy atom. The lowest BCUT2D eigenvalue weighted by Crippen LogP contribution is -3.00. The summed E-state index contributed by atoms with van der Waals surface area (Å²) in [5.41, 5.74) is 0.482. The highest BCUT2D eigenvalue weighted by atomic mass is 35.5. The number of quaternary nitrogens is 1. The number of ether oxygens (including phenoxy) is 1. The highest BCUT2D eigenvalue weighted by Gasteiger charge is 2.19. The van der Waals surface area contributed by atoms with Crippen molar-refractivity contribution in [3.05, 3.63) is 12.2 Å². The van der Waals surface area contributed by atoms with Gasteiger partial charge in [-0.3, -0.25) is 0 Å². The number of esters is 1. The summed E-state index contributed by atoms with van der Waals surface area (Å²) in [7, 11) is 0. The number of hydrogen-bond acceptors (Lipinski definition) is 2. The fraction of sp³-hybridized carbons (Fsp3) is 0.812. The first-order chi connectivity index (χ1) is 9.01. The van der Waals surface area contributed by atoms with Gasteiger partial charge in [-0.1, -0.05) is 6.58 Å². The van der Waals surface area contributed by atoms with Crippen LogP contribution in [0.2, 0.25) is 0 Å². The maximum Gasteiger partial charge on any atom is 0.333 e. The summed E-state index contributed by atoms with van der Waals surface area (Å²) in [5, 5.41) is 0. The van der Waals surface area contributed by atoms with Crippen LogP contribution >= 0.6 is 0 Å². The van der Waals surface area contributed by atoms with Gasteiger partial charge in [-0.05, 0) is 53.4 Å². The average molecular weight is 306 g/mol. The van der Waals surface area contributed by atoms with Crippen molar-refractivity contribution < 1.29 is 26.4 Å². The van der Waals surface area contributed by atoms with Crippen molar-refractivity contribution in [3.8, 4) is 0 Å². The number of nitrogens with zero attached hydrogens (tertiary/aromatic N) is 1. The van der Waals surface area contributed by atoms with Crippen LogP contribution in [0.25, 0.3) is 0 Å². The zero-order chi connectivity index (χ0) is 14.7. The van der Waals surface area contributed by atoms with Gasteiger partial charge in [0.05, 0.1) is 32.8 Å². The molecule has 0 aromatic rings. The third-order valence-corrected chi connectivity index (χ3v) is 4.12. The molecule has 0 aromatic heterocycles. The van der Waals surface area contributed by atoms with Crippen molar-refractivity contribution in [1.29, 1.82) is 0 Å². The molecule has 3 nitrogen and oxygen atoms in total. The van der Waals surface area contributed by atoms with Crippen molar-refractivity contribution in [2.24, 2.45) is 0 Å². The van der Waals surface area contributed by atoms with Crippen LogP contribution in [0.1, 0.15) is 53.4 Å². The molecule has 0 radical (unpaired) electrons. The monoisotopic (exact) mass is 305 g/mol. The van der Waals surface area contributed by atoms with Crippen LogP contribution in [0.15, 0.2) is 12.2 Å². The predicted octanol–water partition coefficient (Wildman–Crippen LogP) is 0.547. The molecule has 0 amide bonds. The van der Waals surface area contributed by atoms with Gasteiger partial charge in [0.15, 0.2) is 0 Å². The zero-order valence-corrected chi connectivity index (χ0v) is 14.5. The van der Waals surface area contributed by atoms with E-state index in [1.54, 1.807) is 6.92 Å². The summed E-state index contributed by atoms with van der Waals surface area (Å²) in [6.45, 7) is 17.6. The van der Waals surface area contributed by atoms with Crippen molar-refractivity contribution in [1.82, 2.24) is 0 Å². The van der Waals surface area contributed by atoms with Crippen molar-refractivity contribution in [2.45, 2.75) is 53.4 Å². The van der Waals surface area contributed by atoms with Gasteiger partial charge in [0.1, 0.15) is 0 Å². The predicted molar refractivity (Wildman–Crippen MR) is 81.0 cm³/mol. The van der Waals surface area contributed by atoms with E-state index >= 15 is 0 Å². The molecule has 4 heteroatoms. The molecule has 0 heterocycles. The topological polar surface area (TPSA) is 26.3 Å². The molecule has 20 heavy (non-hydrogen) atoms. The van der Waals surface area contributed by atoms with Gasteiger partial charge >= 0.3 is 5.97 Å². The number of halogens is 1. The minimum atomic E-state index is -0.265. The molecule has 120 valence electrons. The summed E-state index contributed by atoms with van der Waals surface area (Å²) in [6.07, 6.45) is 4.60. The Bertz CT molecular complexity index is 267. The fourth-order valence-corrected chi connectivity index (χ4v) is 2.34. The Kier molecular flexibility index (Phi) is 13.3. The largest absolute Gasteiger partial charge is 1.00 e. The van der Waals surface area contributed by atoms with Crippen LogP contribution < -0.4 is 12.4 Å². The molecule has 0 aliphatic heterocycles. The molecular formula is C16H32ClNO2. The quantitative estimate of drug-likeness (QED) is 0.241. The second-order valence-corrected chi connectivity index (χ2v) is 5.34. The SMILES string of the molecule is C=C(C)C(=O)OCCCCCC[N+](CC)(CC)CC.[Cl-]. The van der Waals surface area contributed by atoms with Crippen LogP contribution in [0, 0.1) is 0 Å². The van der Waals surface area contributed by atoms with Gasteiger partial charge in [-0.15, -0.1) is 0 Å². The first kappa shape index (κ1) is 21.8. The van der Waals surface area contributed by atoms with E-state index in [4.69, 9.17) is 4.74 Å². The van der Waals surface area contributed by atoms with Gasteiger partial charge in [0.25, 0.3) is 0 Å². The Morgan fingerprint density at radius 3 is 1.95 bits per heavy atom. The van der Waals surface area contributed by atoms with Crippen LogP contribution in [0.4, 0.5) is 0 Å². The number of unbranched alkanes of at least 4 members (excludes halogenated alkanes) is 3. The number of rotatable bonds is 11. The van der Waals surface area contributed by atoms with Gasteiger partial charge in [-0.2, -0.15) is 0 Å². The number of carbonyl (C=O) groups is 1. The molecular weight excluding hydrogens is 274 g/mol. The third-order valence-electron chi connectivity index (χ3n) is 4.12. The minimum Gasteiger partial charge on any atom is -1.00 e. The summed E-state index contributed by atoms with van der Waals surface area (Å²) in [4.78, 5) is 11.2. The molecule has 0 aliphatic carbocycles. The molecule has 0 fully saturated rings. The normalized spacial score (nSPS) is 10.8. The van der Waals surface area contributed by atoms with E-state index in [1.807, 2.05) is 0 Å². The summed E-state index contributed by atoms with van der Waals surface area (Å²) in [6, 6.07) is 0. The molecule has 0 unspecified atom stereocenters. The maximum atomic E-state index is 11.2. The molecule has 0 aromatic carbocycles. The van der Waals surface area contributed by atoms with Gasteiger partial charge in [0, 0.05) is 5.57 Å². The van der Waals surface area contributed by atoms with Crippen LogP contribution in [-0.4, -0.2) is 43.2 Å². The van der Waals surface area contributed by atoms with E-state index in [0.717, 1.165) is 12.8 Å². The minimum absolute atomic E-state index is 0. The number of hydrogen-bond donors (Lipinski definition) is 0. The van der Waals surface area contributed by atoms with E-state index in [9.17, 15) is 4.79 Å². The lowest BCUT2D eigenvalue weighted by atomic mass is 10.1. The Hall–Kier alpha value is -0.540. The average Bonchev–Trinajstić information content (AvgIpc) is 2.42. The van der Waals surface area contributed by atoms with Crippen LogP contribution in [-0.2, 0) is 9.53 Å². The molecule has 0 saturated carbocycles. The fourth-order valence-electron chi connectivity index (χ4n) is 2.34. The van der Waals surface area contributed by atoms with Crippen molar-refractivity contribution in [2.75, 3.05) is 32.8 Å². The highest BCUT2D eigenvalue weighted by Crippen LogP contribution is 2.10. The summed E-state index contributed by atoms with van der Waals surface area (Å²) < 4.78 is 6.30. The lowest BCUT2D eigenvalue weighted by Gasteiger charge is -2.35. The highest BCUT2D eigenvalue weighted by molar-refractivity contribution is 5.86. The Balaban J connectivity index is 0. The molecule has 0 spiro atoms. The maximum absolute atomic E-state index is 11.2. The molecule has 0 rings (SSSR count). The lowest BCUT2D eigenvalue weighted by molar-refractivity contribution is -0.923. The van der Waals surface area contributed by atoms with Crippen molar-refractivity contribution >= 4 is 5.97 Å². The van der Waals surface area contributed by atoms with Gasteiger partial charge < -0.3 is 21.6 Å². The molecule has 0 saturated heterocycles. The van der Waals surface area contributed by atoms with E-state index < -0.39 is 0 Å². The summed E-state index contributed by atoms with van der Waals surface area (Å²) in [5.74, 6) is -0.265. The van der Waals surface area contributed by atoms with Crippen LogP contribution in [0.5, 0.6) is 0 Å². The molecule has 0 aliphatic rings. The zero-order valence-electron chi connectivity index (χ0n) is 13.7. The summed E-state index contributed by atoms with van der Waals surface area (Å²) >= 11 is 0. The Labute approximate surface area is 131 Å². The van der Waals surface area contributed by atoms with Crippen molar-refractivity contribution in [3.63, 3.8) is 0 Å². The Morgan fingerprint density at radius 2 is 1.50 bits per heavy atom. The van der Waals surface area contributed by atoms with Gasteiger partial charge in [-0.25, -0.2) is 4.79 Å². The first-order valence-corrected chi connectivity index (χ1v) is 7.69. The van der Waals surface area contributed by atoms with E-state index in [2.05, 4.69) is 27.4 Å². The van der Waals surface area contributed by atoms with Crippen LogP contribution in [0.3, 0.4) is 0 Å². The first-order valence-electron chi connectivity index (χ1n) is 7.69. The van der Waals surface area contributed by atoms with E-state index in [0.29, 0.717) is 12.2 Å².